The van der Waals surface area contributed by atoms with E-state index in [1.54, 1.807) is 0 Å². The summed E-state index contributed by atoms with van der Waals surface area (Å²) < 4.78 is 0. The Morgan fingerprint density at radius 1 is 1.29 bits per heavy atom. The van der Waals surface area contributed by atoms with Crippen molar-refractivity contribution in [2.75, 3.05) is 24.5 Å². The van der Waals surface area contributed by atoms with Gasteiger partial charge >= 0.3 is 0 Å². The largest absolute Gasteiger partial charge is 0.348 e. The number of thiazole rings is 1. The molecule has 0 aromatic carbocycles. The quantitative estimate of drug-likeness (QED) is 0.844. The number of rotatable bonds is 6. The maximum atomic E-state index is 5.01. The van der Waals surface area contributed by atoms with Gasteiger partial charge in [-0.05, 0) is 37.1 Å². The van der Waals surface area contributed by atoms with Crippen LogP contribution in [-0.4, -0.2) is 24.6 Å². The lowest BCUT2D eigenvalue weighted by atomic mass is 9.83. The van der Waals surface area contributed by atoms with Gasteiger partial charge in [-0.1, -0.05) is 34.6 Å². The minimum atomic E-state index is 0.500. The molecule has 0 saturated carbocycles. The molecule has 1 N–H and O–H groups in total. The van der Waals surface area contributed by atoms with Crippen molar-refractivity contribution in [2.24, 2.45) is 5.41 Å². The van der Waals surface area contributed by atoms with E-state index < -0.39 is 0 Å². The fourth-order valence-electron chi connectivity index (χ4n) is 2.73. The van der Waals surface area contributed by atoms with Gasteiger partial charge in [0.15, 0.2) is 5.13 Å². The van der Waals surface area contributed by atoms with E-state index in [2.05, 4.69) is 44.8 Å². The molecule has 4 heteroatoms. The van der Waals surface area contributed by atoms with Gasteiger partial charge in [0.05, 0.1) is 5.69 Å². The fourth-order valence-corrected chi connectivity index (χ4v) is 3.93. The Morgan fingerprint density at radius 2 is 1.95 bits per heavy atom. The van der Waals surface area contributed by atoms with E-state index in [4.69, 9.17) is 4.98 Å². The summed E-state index contributed by atoms with van der Waals surface area (Å²) >= 11 is 1.90. The third-order valence-electron chi connectivity index (χ3n) is 4.72. The van der Waals surface area contributed by atoms with E-state index in [0.717, 1.165) is 32.6 Å². The van der Waals surface area contributed by atoms with E-state index in [1.165, 1.54) is 28.5 Å². The first-order valence-electron chi connectivity index (χ1n) is 8.42. The van der Waals surface area contributed by atoms with E-state index in [1.807, 2.05) is 11.3 Å². The van der Waals surface area contributed by atoms with Crippen LogP contribution in [0.5, 0.6) is 0 Å². The second kappa shape index (κ2) is 7.10. The van der Waals surface area contributed by atoms with Gasteiger partial charge in [0.2, 0.25) is 0 Å². The molecule has 1 aliphatic heterocycles. The zero-order chi connectivity index (χ0) is 15.5. The van der Waals surface area contributed by atoms with Crippen LogP contribution >= 0.6 is 11.3 Å². The second-order valence-electron chi connectivity index (χ2n) is 7.05. The van der Waals surface area contributed by atoms with Crippen LogP contribution in [0.15, 0.2) is 0 Å². The molecular formula is C17H31N3S. The Labute approximate surface area is 134 Å². The smallest absolute Gasteiger partial charge is 0.185 e. The molecule has 0 aliphatic carbocycles. The molecule has 2 heterocycles. The van der Waals surface area contributed by atoms with Crippen molar-refractivity contribution < 1.29 is 0 Å². The Morgan fingerprint density at radius 3 is 2.52 bits per heavy atom. The highest BCUT2D eigenvalue weighted by molar-refractivity contribution is 7.15. The summed E-state index contributed by atoms with van der Waals surface area (Å²) in [7, 11) is 0. The van der Waals surface area contributed by atoms with Crippen LogP contribution in [0.4, 0.5) is 5.13 Å². The van der Waals surface area contributed by atoms with Gasteiger partial charge < -0.3 is 10.2 Å². The van der Waals surface area contributed by atoms with Crippen molar-refractivity contribution in [1.82, 2.24) is 10.3 Å². The molecule has 1 aromatic heterocycles. The molecule has 21 heavy (non-hydrogen) atoms. The Kier molecular flexibility index (Phi) is 5.67. The molecule has 0 amide bonds. The molecule has 1 aromatic rings. The van der Waals surface area contributed by atoms with E-state index >= 15 is 0 Å². The third-order valence-corrected chi connectivity index (χ3v) is 5.85. The van der Waals surface area contributed by atoms with Crippen LogP contribution in [0.2, 0.25) is 0 Å². The summed E-state index contributed by atoms with van der Waals surface area (Å²) in [5.41, 5.74) is 1.82. The van der Waals surface area contributed by atoms with E-state index in [0.29, 0.717) is 11.3 Å². The summed E-state index contributed by atoms with van der Waals surface area (Å²) in [6.07, 6.45) is 3.71. The summed E-state index contributed by atoms with van der Waals surface area (Å²) in [4.78, 5) is 8.94. The molecule has 0 spiro atoms. The lowest BCUT2D eigenvalue weighted by molar-refractivity contribution is 0.279. The molecular weight excluding hydrogens is 278 g/mol. The van der Waals surface area contributed by atoms with Crippen LogP contribution in [0, 0.1) is 5.41 Å². The van der Waals surface area contributed by atoms with Crippen LogP contribution in [0.3, 0.4) is 0 Å². The first-order chi connectivity index (χ1) is 9.96. The minimum absolute atomic E-state index is 0.500. The van der Waals surface area contributed by atoms with Crippen molar-refractivity contribution in [3.05, 3.63) is 10.6 Å². The van der Waals surface area contributed by atoms with Crippen LogP contribution in [-0.2, 0) is 6.54 Å². The zero-order valence-corrected chi connectivity index (χ0v) is 15.1. The maximum Gasteiger partial charge on any atom is 0.185 e. The second-order valence-corrected chi connectivity index (χ2v) is 8.11. The van der Waals surface area contributed by atoms with Gasteiger partial charge in [-0.3, -0.25) is 0 Å². The van der Waals surface area contributed by atoms with E-state index in [9.17, 15) is 0 Å². The predicted molar refractivity (Wildman–Crippen MR) is 93.4 cm³/mol. The molecule has 2 rings (SSSR count). The number of nitrogens with zero attached hydrogens (tertiary/aromatic N) is 2. The van der Waals surface area contributed by atoms with Crippen molar-refractivity contribution in [3.8, 4) is 0 Å². The minimum Gasteiger partial charge on any atom is -0.348 e. The highest BCUT2D eigenvalue weighted by atomic mass is 32.1. The highest BCUT2D eigenvalue weighted by Crippen LogP contribution is 2.36. The average Bonchev–Trinajstić information content (AvgIpc) is 2.88. The first-order valence-corrected chi connectivity index (χ1v) is 9.23. The monoisotopic (exact) mass is 309 g/mol. The van der Waals surface area contributed by atoms with Gasteiger partial charge in [0, 0.05) is 24.5 Å². The number of hydrogen-bond acceptors (Lipinski definition) is 4. The van der Waals surface area contributed by atoms with Crippen LogP contribution < -0.4 is 10.2 Å². The van der Waals surface area contributed by atoms with Crippen LogP contribution in [0.1, 0.15) is 70.4 Å². The zero-order valence-electron chi connectivity index (χ0n) is 14.3. The molecule has 0 radical (unpaired) electrons. The SMILES string of the molecule is CCNCc1sc(N2CCC(C)(C)CC2)nc1C(C)CC. The number of hydrogen-bond donors (Lipinski definition) is 1. The normalized spacial score (nSPS) is 19.8. The molecule has 3 nitrogen and oxygen atoms in total. The maximum absolute atomic E-state index is 5.01. The summed E-state index contributed by atoms with van der Waals surface area (Å²) in [6.45, 7) is 15.8. The van der Waals surface area contributed by atoms with Gasteiger partial charge in [-0.15, -0.1) is 11.3 Å². The fraction of sp³-hybridized carbons (Fsp3) is 0.824. The van der Waals surface area contributed by atoms with Crippen LogP contribution in [0.25, 0.3) is 0 Å². The van der Waals surface area contributed by atoms with Gasteiger partial charge in [0.25, 0.3) is 0 Å². The Balaban J connectivity index is 2.14. The lowest BCUT2D eigenvalue weighted by Gasteiger charge is -2.36. The first kappa shape index (κ1) is 16.8. The Bertz CT molecular complexity index is 443. The van der Waals surface area contributed by atoms with Crippen molar-refractivity contribution in [3.63, 3.8) is 0 Å². The standard InChI is InChI=1S/C17H31N3S/c1-6-13(3)15-14(12-18-7-2)21-16(19-15)20-10-8-17(4,5)9-11-20/h13,18H,6-12H2,1-5H3. The lowest BCUT2D eigenvalue weighted by Crippen LogP contribution is -2.37. The number of piperidine rings is 1. The molecule has 1 unspecified atom stereocenters. The van der Waals surface area contributed by atoms with Gasteiger partial charge in [-0.25, -0.2) is 4.98 Å². The summed E-state index contributed by atoms with van der Waals surface area (Å²) in [6, 6.07) is 0. The number of anilines is 1. The van der Waals surface area contributed by atoms with Gasteiger partial charge in [-0.2, -0.15) is 0 Å². The third kappa shape index (κ3) is 4.19. The van der Waals surface area contributed by atoms with Gasteiger partial charge in [0.1, 0.15) is 0 Å². The molecule has 1 fully saturated rings. The number of aromatic nitrogens is 1. The Hall–Kier alpha value is -0.610. The van der Waals surface area contributed by atoms with Crippen molar-refractivity contribution in [2.45, 2.75) is 66.3 Å². The molecule has 1 aliphatic rings. The summed E-state index contributed by atoms with van der Waals surface area (Å²) in [5, 5.41) is 4.71. The predicted octanol–water partition coefficient (Wildman–Crippen LogP) is 4.39. The molecule has 1 atom stereocenters. The highest BCUT2D eigenvalue weighted by Gasteiger charge is 2.27. The molecule has 120 valence electrons. The number of nitrogens with one attached hydrogen (secondary N) is 1. The molecule has 0 bridgehead atoms. The average molecular weight is 310 g/mol. The van der Waals surface area contributed by atoms with E-state index in [-0.39, 0.29) is 0 Å². The summed E-state index contributed by atoms with van der Waals surface area (Å²) in [5.74, 6) is 0.560. The topological polar surface area (TPSA) is 28.2 Å². The van der Waals surface area contributed by atoms with Crippen molar-refractivity contribution in [1.29, 1.82) is 0 Å². The van der Waals surface area contributed by atoms with Crippen molar-refractivity contribution >= 4 is 16.5 Å². The molecule has 1 saturated heterocycles.